The van der Waals surface area contributed by atoms with E-state index in [4.69, 9.17) is 0 Å². The summed E-state index contributed by atoms with van der Waals surface area (Å²) in [6.07, 6.45) is 6.02. The summed E-state index contributed by atoms with van der Waals surface area (Å²) in [4.78, 5) is 31.3. The number of nitrogens with one attached hydrogen (secondary N) is 1. The maximum absolute atomic E-state index is 14.0. The monoisotopic (exact) mass is 510 g/mol. The van der Waals surface area contributed by atoms with Gasteiger partial charge in [0.1, 0.15) is 5.54 Å². The molecule has 2 aromatic carbocycles. The minimum atomic E-state index is -1.01. The highest BCUT2D eigenvalue weighted by molar-refractivity contribution is 7.99. The molecule has 0 radical (unpaired) electrons. The lowest BCUT2D eigenvalue weighted by Gasteiger charge is -2.43. The Bertz CT molecular complexity index is 924. The molecule has 188 valence electrons. The number of amides is 2. The minimum Gasteiger partial charge on any atom is -0.349 e. The van der Waals surface area contributed by atoms with Crippen molar-refractivity contribution in [2.75, 3.05) is 18.1 Å². The first-order chi connectivity index (χ1) is 16.7. The third kappa shape index (κ3) is 9.26. The molecule has 4 nitrogen and oxygen atoms in total. The molecule has 2 aromatic rings. The fourth-order valence-corrected chi connectivity index (χ4v) is 5.80. The highest BCUT2D eigenvalue weighted by Gasteiger charge is 2.45. The molecular weight excluding hydrogens is 472 g/mol. The van der Waals surface area contributed by atoms with Crippen LogP contribution in [0.4, 0.5) is 0 Å². The van der Waals surface area contributed by atoms with Gasteiger partial charge in [-0.25, -0.2) is 0 Å². The van der Waals surface area contributed by atoms with Crippen LogP contribution in [0.2, 0.25) is 0 Å². The average molecular weight is 511 g/mol. The average Bonchev–Trinajstić information content (AvgIpc) is 2.82. The van der Waals surface area contributed by atoms with Gasteiger partial charge in [-0.3, -0.25) is 9.59 Å². The van der Waals surface area contributed by atoms with Crippen LogP contribution < -0.4 is 5.32 Å². The Hall–Kier alpha value is -2.44. The molecule has 0 aliphatic carbocycles. The Morgan fingerprint density at radius 3 is 1.80 bits per heavy atom. The summed E-state index contributed by atoms with van der Waals surface area (Å²) in [6, 6.07) is 20.3. The van der Waals surface area contributed by atoms with E-state index in [0.29, 0.717) is 30.9 Å². The number of hydrogen-bond acceptors (Lipinski definition) is 4. The first-order valence-corrected chi connectivity index (χ1v) is 13.9. The van der Waals surface area contributed by atoms with Crippen molar-refractivity contribution in [1.29, 1.82) is 0 Å². The van der Waals surface area contributed by atoms with Gasteiger partial charge in [0.15, 0.2) is 0 Å². The number of carbonyl (C=O) groups excluding carboxylic acids is 2. The molecule has 0 heterocycles. The van der Waals surface area contributed by atoms with Gasteiger partial charge in [0.2, 0.25) is 11.8 Å². The second-order valence-corrected chi connectivity index (χ2v) is 11.6. The van der Waals surface area contributed by atoms with Gasteiger partial charge in [-0.15, -0.1) is 30.1 Å². The lowest BCUT2D eigenvalue weighted by molar-refractivity contribution is -0.145. The summed E-state index contributed by atoms with van der Waals surface area (Å²) < 4.78 is 0. The smallest absolute Gasteiger partial charge is 0.247 e. The number of nitrogens with zero attached hydrogens (tertiary/aromatic N) is 1. The number of benzene rings is 2. The van der Waals surface area contributed by atoms with Crippen molar-refractivity contribution in [2.24, 2.45) is 0 Å². The number of allylic oxidation sites excluding steroid dienone is 1. The molecule has 0 aliphatic heterocycles. The lowest BCUT2D eigenvalue weighted by Crippen LogP contribution is -2.63. The van der Waals surface area contributed by atoms with Crippen LogP contribution in [0.25, 0.3) is 0 Å². The van der Waals surface area contributed by atoms with E-state index in [1.54, 1.807) is 40.6 Å². The summed E-state index contributed by atoms with van der Waals surface area (Å²) in [5.74, 6) is 1.11. The van der Waals surface area contributed by atoms with Crippen LogP contribution in [0, 0.1) is 0 Å². The van der Waals surface area contributed by atoms with Crippen molar-refractivity contribution in [1.82, 2.24) is 10.2 Å². The Balaban J connectivity index is 2.43. The molecule has 0 spiro atoms. The molecule has 0 saturated carbocycles. The number of carbonyl (C=O) groups is 2. The van der Waals surface area contributed by atoms with E-state index in [9.17, 15) is 9.59 Å². The standard InChI is InChI=1S/C29H38N2O2S2/c1-6-14-26(32)31(21-7-2)29(27(33)30-28(3,4)5,19-22-34-24-15-10-8-11-16-24)20-23-35-25-17-12-9-13-18-25/h6-18H,2,19-23H2,1,3-5H3,(H,30,33)/b14-6+. The van der Waals surface area contributed by atoms with Crippen LogP contribution in [0.15, 0.2) is 95.3 Å². The molecule has 0 saturated heterocycles. The van der Waals surface area contributed by atoms with Gasteiger partial charge in [0.05, 0.1) is 0 Å². The molecule has 0 aliphatic rings. The second-order valence-electron chi connectivity index (χ2n) is 9.30. The van der Waals surface area contributed by atoms with E-state index in [1.807, 2.05) is 64.1 Å². The summed E-state index contributed by atoms with van der Waals surface area (Å²) in [5.41, 5.74) is -1.44. The number of thioether (sulfide) groups is 2. The van der Waals surface area contributed by atoms with Crippen LogP contribution in [0.3, 0.4) is 0 Å². The zero-order chi connectivity index (χ0) is 25.7. The summed E-state index contributed by atoms with van der Waals surface area (Å²) in [6.45, 7) is 11.9. The van der Waals surface area contributed by atoms with Gasteiger partial charge in [-0.05, 0) is 70.9 Å². The first-order valence-electron chi connectivity index (χ1n) is 12.0. The second kappa shape index (κ2) is 14.2. The van der Waals surface area contributed by atoms with Crippen molar-refractivity contribution in [3.05, 3.63) is 85.5 Å². The molecular formula is C29H38N2O2S2. The summed E-state index contributed by atoms with van der Waals surface area (Å²) >= 11 is 3.41. The topological polar surface area (TPSA) is 49.4 Å². The third-order valence-corrected chi connectivity index (χ3v) is 7.40. The van der Waals surface area contributed by atoms with Crippen LogP contribution in [0.1, 0.15) is 40.5 Å². The normalized spacial score (nSPS) is 11.9. The molecule has 0 unspecified atom stereocenters. The summed E-state index contributed by atoms with van der Waals surface area (Å²) in [5, 5.41) is 3.18. The van der Waals surface area contributed by atoms with Crippen molar-refractivity contribution in [3.63, 3.8) is 0 Å². The van der Waals surface area contributed by atoms with E-state index in [1.165, 1.54) is 6.08 Å². The quantitative estimate of drug-likeness (QED) is 0.187. The Morgan fingerprint density at radius 2 is 1.40 bits per heavy atom. The zero-order valence-electron chi connectivity index (χ0n) is 21.3. The van der Waals surface area contributed by atoms with E-state index in [-0.39, 0.29) is 11.8 Å². The van der Waals surface area contributed by atoms with Crippen LogP contribution in [-0.4, -0.2) is 45.8 Å². The van der Waals surface area contributed by atoms with Gasteiger partial charge in [-0.1, -0.05) is 48.6 Å². The molecule has 0 atom stereocenters. The predicted molar refractivity (Wildman–Crippen MR) is 151 cm³/mol. The van der Waals surface area contributed by atoms with Crippen molar-refractivity contribution in [2.45, 2.75) is 61.4 Å². The van der Waals surface area contributed by atoms with Crippen LogP contribution in [0.5, 0.6) is 0 Å². The van der Waals surface area contributed by atoms with Gasteiger partial charge in [0, 0.05) is 33.4 Å². The largest absolute Gasteiger partial charge is 0.349 e. The Morgan fingerprint density at radius 1 is 0.914 bits per heavy atom. The van der Waals surface area contributed by atoms with Crippen LogP contribution >= 0.6 is 23.5 Å². The maximum atomic E-state index is 14.0. The Kier molecular flexibility index (Phi) is 11.7. The fourth-order valence-electron chi connectivity index (χ4n) is 3.75. The van der Waals surface area contributed by atoms with Crippen molar-refractivity contribution in [3.8, 4) is 0 Å². The molecule has 6 heteroatoms. The number of rotatable bonds is 13. The summed E-state index contributed by atoms with van der Waals surface area (Å²) in [7, 11) is 0. The molecule has 0 bridgehead atoms. The first kappa shape index (κ1) is 28.8. The molecule has 2 rings (SSSR count). The molecule has 0 fully saturated rings. The van der Waals surface area contributed by atoms with Gasteiger partial charge >= 0.3 is 0 Å². The zero-order valence-corrected chi connectivity index (χ0v) is 23.0. The van der Waals surface area contributed by atoms with Gasteiger partial charge in [-0.2, -0.15) is 0 Å². The molecule has 2 amide bonds. The highest BCUT2D eigenvalue weighted by Crippen LogP contribution is 2.33. The SMILES string of the molecule is C=CCN(C(=O)/C=C/C)C(CCSc1ccccc1)(CCSc1ccccc1)C(=O)NC(C)(C)C. The van der Waals surface area contributed by atoms with Crippen LogP contribution in [-0.2, 0) is 9.59 Å². The minimum absolute atomic E-state index is 0.118. The lowest BCUT2D eigenvalue weighted by atomic mass is 9.87. The molecule has 1 N–H and O–H groups in total. The highest BCUT2D eigenvalue weighted by atomic mass is 32.2. The van der Waals surface area contributed by atoms with E-state index in [2.05, 4.69) is 36.2 Å². The van der Waals surface area contributed by atoms with Gasteiger partial charge < -0.3 is 10.2 Å². The van der Waals surface area contributed by atoms with E-state index < -0.39 is 11.1 Å². The van der Waals surface area contributed by atoms with Crippen molar-refractivity contribution < 1.29 is 9.59 Å². The number of hydrogen-bond donors (Lipinski definition) is 1. The Labute approximate surface area is 219 Å². The fraction of sp³-hybridized carbons (Fsp3) is 0.379. The van der Waals surface area contributed by atoms with E-state index >= 15 is 0 Å². The maximum Gasteiger partial charge on any atom is 0.247 e. The molecule has 0 aromatic heterocycles. The molecule has 35 heavy (non-hydrogen) atoms. The van der Waals surface area contributed by atoms with Crippen molar-refractivity contribution >= 4 is 35.3 Å². The van der Waals surface area contributed by atoms with E-state index in [0.717, 1.165) is 9.79 Å². The third-order valence-electron chi connectivity index (χ3n) is 5.37. The van der Waals surface area contributed by atoms with Gasteiger partial charge in [0.25, 0.3) is 0 Å². The predicted octanol–water partition coefficient (Wildman–Crippen LogP) is 6.60.